The van der Waals surface area contributed by atoms with Crippen molar-refractivity contribution in [1.29, 1.82) is 5.26 Å². The van der Waals surface area contributed by atoms with E-state index in [1.165, 1.54) is 18.2 Å². The summed E-state index contributed by atoms with van der Waals surface area (Å²) in [5, 5.41) is 25.9. The van der Waals surface area contributed by atoms with Gasteiger partial charge >= 0.3 is 0 Å². The van der Waals surface area contributed by atoms with Gasteiger partial charge in [0.1, 0.15) is 17.3 Å². The summed E-state index contributed by atoms with van der Waals surface area (Å²) in [5.41, 5.74) is 0.650. The standard InChI is InChI=1S/C17H13ClN4O3/c18-14-7-5-12(6-8-14)10-21-17(23)13(9-19)11-20-15-3-1-2-4-16(15)22(24)25/h1-8,11,20H,10H2,(H,21,23)/b13-11-. The Kier molecular flexibility index (Phi) is 6.09. The maximum atomic E-state index is 12.1. The van der Waals surface area contributed by atoms with E-state index in [0.717, 1.165) is 11.8 Å². The fourth-order valence-corrected chi connectivity index (χ4v) is 2.06. The molecule has 0 saturated heterocycles. The molecule has 0 aliphatic heterocycles. The van der Waals surface area contributed by atoms with Gasteiger partial charge in [-0.15, -0.1) is 0 Å². The van der Waals surface area contributed by atoms with Crippen LogP contribution in [0.15, 0.2) is 60.3 Å². The first-order chi connectivity index (χ1) is 12.0. The van der Waals surface area contributed by atoms with Crippen molar-refractivity contribution in [1.82, 2.24) is 5.32 Å². The van der Waals surface area contributed by atoms with Gasteiger partial charge in [0.2, 0.25) is 0 Å². The number of nitriles is 1. The number of nitrogens with one attached hydrogen (secondary N) is 2. The molecule has 0 radical (unpaired) electrons. The number of nitro benzene ring substituents is 1. The molecular formula is C17H13ClN4O3. The quantitative estimate of drug-likeness (QED) is 0.357. The topological polar surface area (TPSA) is 108 Å². The number of rotatable bonds is 6. The van der Waals surface area contributed by atoms with E-state index in [1.807, 2.05) is 0 Å². The summed E-state index contributed by atoms with van der Waals surface area (Å²) >= 11 is 5.79. The minimum Gasteiger partial charge on any atom is -0.355 e. The number of hydrogen-bond acceptors (Lipinski definition) is 5. The van der Waals surface area contributed by atoms with Gasteiger partial charge in [0.05, 0.1) is 4.92 Å². The lowest BCUT2D eigenvalue weighted by Gasteiger charge is -2.06. The van der Waals surface area contributed by atoms with E-state index >= 15 is 0 Å². The third kappa shape index (κ3) is 5.06. The van der Waals surface area contributed by atoms with Crippen molar-refractivity contribution in [2.75, 3.05) is 5.32 Å². The van der Waals surface area contributed by atoms with Gasteiger partial charge in [0.15, 0.2) is 0 Å². The number of nitrogens with zero attached hydrogens (tertiary/aromatic N) is 2. The second kappa shape index (κ2) is 8.47. The molecule has 0 saturated carbocycles. The van der Waals surface area contributed by atoms with Crippen molar-refractivity contribution in [3.8, 4) is 6.07 Å². The third-order valence-electron chi connectivity index (χ3n) is 3.20. The summed E-state index contributed by atoms with van der Waals surface area (Å²) in [7, 11) is 0. The van der Waals surface area contributed by atoms with Crippen LogP contribution < -0.4 is 10.6 Å². The Bertz CT molecular complexity index is 857. The molecule has 0 aliphatic carbocycles. The van der Waals surface area contributed by atoms with Crippen molar-refractivity contribution >= 4 is 28.9 Å². The van der Waals surface area contributed by atoms with Gasteiger partial charge in [-0.25, -0.2) is 0 Å². The maximum Gasteiger partial charge on any atom is 0.292 e. The van der Waals surface area contributed by atoms with Crippen molar-refractivity contribution in [3.05, 3.63) is 81.0 Å². The van der Waals surface area contributed by atoms with E-state index in [9.17, 15) is 14.9 Å². The minimum absolute atomic E-state index is 0.155. The predicted molar refractivity (Wildman–Crippen MR) is 93.7 cm³/mol. The highest BCUT2D eigenvalue weighted by molar-refractivity contribution is 6.30. The minimum atomic E-state index is -0.594. The van der Waals surface area contributed by atoms with E-state index in [2.05, 4.69) is 10.6 Å². The van der Waals surface area contributed by atoms with Gasteiger partial charge in [-0.3, -0.25) is 14.9 Å². The molecule has 0 spiro atoms. The Morgan fingerprint density at radius 2 is 1.92 bits per heavy atom. The molecule has 2 rings (SSSR count). The molecule has 0 bridgehead atoms. The second-order valence-corrected chi connectivity index (χ2v) is 5.33. The number of benzene rings is 2. The highest BCUT2D eigenvalue weighted by Gasteiger charge is 2.13. The van der Waals surface area contributed by atoms with Gasteiger partial charge in [-0.2, -0.15) is 5.26 Å². The van der Waals surface area contributed by atoms with Crippen LogP contribution in [0.1, 0.15) is 5.56 Å². The molecule has 0 aromatic heterocycles. The largest absolute Gasteiger partial charge is 0.355 e. The van der Waals surface area contributed by atoms with Crippen molar-refractivity contribution in [2.24, 2.45) is 0 Å². The molecule has 8 heteroatoms. The molecule has 2 aromatic rings. The van der Waals surface area contributed by atoms with Crippen molar-refractivity contribution < 1.29 is 9.72 Å². The Balaban J connectivity index is 2.04. The Hall–Kier alpha value is -3.37. The van der Waals surface area contributed by atoms with Crippen LogP contribution in [-0.4, -0.2) is 10.8 Å². The summed E-state index contributed by atoms with van der Waals surface area (Å²) in [6.45, 7) is 0.223. The number of hydrogen-bond donors (Lipinski definition) is 2. The molecule has 0 heterocycles. The zero-order chi connectivity index (χ0) is 18.2. The molecule has 2 aromatic carbocycles. The molecule has 126 valence electrons. The molecule has 2 N–H and O–H groups in total. The van der Waals surface area contributed by atoms with Crippen LogP contribution in [0.3, 0.4) is 0 Å². The van der Waals surface area contributed by atoms with Crippen LogP contribution in [0.4, 0.5) is 11.4 Å². The monoisotopic (exact) mass is 356 g/mol. The number of carbonyl (C=O) groups excluding carboxylic acids is 1. The summed E-state index contributed by atoms with van der Waals surface area (Å²) < 4.78 is 0. The zero-order valence-corrected chi connectivity index (χ0v) is 13.7. The highest BCUT2D eigenvalue weighted by Crippen LogP contribution is 2.23. The molecule has 0 aliphatic rings. The number of anilines is 1. The second-order valence-electron chi connectivity index (χ2n) is 4.90. The average molecular weight is 357 g/mol. The lowest BCUT2D eigenvalue weighted by molar-refractivity contribution is -0.383. The van der Waals surface area contributed by atoms with Gasteiger partial charge in [0, 0.05) is 23.8 Å². The zero-order valence-electron chi connectivity index (χ0n) is 12.9. The Morgan fingerprint density at radius 1 is 1.24 bits per heavy atom. The van der Waals surface area contributed by atoms with E-state index in [-0.39, 0.29) is 23.5 Å². The first-order valence-electron chi connectivity index (χ1n) is 7.14. The summed E-state index contributed by atoms with van der Waals surface area (Å²) in [4.78, 5) is 22.4. The smallest absolute Gasteiger partial charge is 0.292 e. The van der Waals surface area contributed by atoms with Gasteiger partial charge in [-0.1, -0.05) is 35.9 Å². The lowest BCUT2D eigenvalue weighted by Crippen LogP contribution is -2.24. The Labute approximate surface area is 148 Å². The van der Waals surface area contributed by atoms with Crippen molar-refractivity contribution in [3.63, 3.8) is 0 Å². The summed E-state index contributed by atoms with van der Waals surface area (Å²) in [6.07, 6.45) is 1.14. The van der Waals surface area contributed by atoms with E-state index in [1.54, 1.807) is 36.4 Å². The maximum absolute atomic E-state index is 12.1. The first-order valence-corrected chi connectivity index (χ1v) is 7.52. The van der Waals surface area contributed by atoms with Crippen LogP contribution in [0, 0.1) is 21.4 Å². The van der Waals surface area contributed by atoms with Gasteiger partial charge in [0.25, 0.3) is 11.6 Å². The molecule has 25 heavy (non-hydrogen) atoms. The molecular weight excluding hydrogens is 344 g/mol. The van der Waals surface area contributed by atoms with Crippen molar-refractivity contribution in [2.45, 2.75) is 6.54 Å². The van der Waals surface area contributed by atoms with Crippen LogP contribution in [0.2, 0.25) is 5.02 Å². The fourth-order valence-electron chi connectivity index (χ4n) is 1.93. The van der Waals surface area contributed by atoms with Gasteiger partial charge in [-0.05, 0) is 23.8 Å². The predicted octanol–water partition coefficient (Wildman–Crippen LogP) is 3.38. The first kappa shape index (κ1) is 18.0. The van der Waals surface area contributed by atoms with Crippen LogP contribution >= 0.6 is 11.6 Å². The number of nitro groups is 1. The lowest BCUT2D eigenvalue weighted by atomic mass is 10.2. The molecule has 7 nitrogen and oxygen atoms in total. The summed E-state index contributed by atoms with van der Waals surface area (Å²) in [6, 6.07) is 14.6. The number of carbonyl (C=O) groups is 1. The van der Waals surface area contributed by atoms with E-state index in [4.69, 9.17) is 16.9 Å². The van der Waals surface area contributed by atoms with Crippen LogP contribution in [0.25, 0.3) is 0 Å². The SMILES string of the molecule is N#C/C(=C/Nc1ccccc1[N+](=O)[O-])C(=O)NCc1ccc(Cl)cc1. The van der Waals surface area contributed by atoms with E-state index < -0.39 is 10.8 Å². The average Bonchev–Trinajstić information content (AvgIpc) is 2.62. The number of halogens is 1. The number of amides is 1. The molecule has 0 unspecified atom stereocenters. The highest BCUT2D eigenvalue weighted by atomic mass is 35.5. The normalized spacial score (nSPS) is 10.6. The van der Waals surface area contributed by atoms with Crippen LogP contribution in [0.5, 0.6) is 0 Å². The fraction of sp³-hybridized carbons (Fsp3) is 0.0588. The summed E-state index contributed by atoms with van der Waals surface area (Å²) in [5.74, 6) is -0.594. The molecule has 1 amide bonds. The van der Waals surface area contributed by atoms with Gasteiger partial charge < -0.3 is 10.6 Å². The molecule has 0 fully saturated rings. The third-order valence-corrected chi connectivity index (χ3v) is 3.46. The van der Waals surface area contributed by atoms with Crippen LogP contribution in [-0.2, 0) is 11.3 Å². The van der Waals surface area contributed by atoms with E-state index in [0.29, 0.717) is 5.02 Å². The Morgan fingerprint density at radius 3 is 2.56 bits per heavy atom. The molecule has 0 atom stereocenters. The number of para-hydroxylation sites is 2.